The number of rotatable bonds is 8. The van der Waals surface area contributed by atoms with Gasteiger partial charge in [-0.3, -0.25) is 9.59 Å². The first kappa shape index (κ1) is 27.6. The topological polar surface area (TPSA) is 104 Å². The van der Waals surface area contributed by atoms with Gasteiger partial charge in [0.2, 0.25) is 5.91 Å². The number of anilines is 4. The lowest BCUT2D eigenvalue weighted by Crippen LogP contribution is -2.52. The Bertz CT molecular complexity index is 1340. The maximum atomic E-state index is 14.0. The first-order valence-electron chi connectivity index (χ1n) is 11.9. The zero-order valence-corrected chi connectivity index (χ0v) is 20.6. The van der Waals surface area contributed by atoms with Crippen molar-refractivity contribution >= 4 is 34.7 Å². The number of amides is 2. The molecule has 0 saturated carbocycles. The fourth-order valence-electron chi connectivity index (χ4n) is 4.16. The summed E-state index contributed by atoms with van der Waals surface area (Å²) >= 11 is 0. The molecule has 0 radical (unpaired) electrons. The van der Waals surface area contributed by atoms with Gasteiger partial charge in [0.25, 0.3) is 0 Å². The second-order valence-corrected chi connectivity index (χ2v) is 8.91. The Morgan fingerprint density at radius 1 is 0.949 bits per heavy atom. The first-order valence-corrected chi connectivity index (χ1v) is 11.9. The average molecular weight is 549 g/mol. The number of hydrogen-bond donors (Lipinski definition) is 3. The molecule has 39 heavy (non-hydrogen) atoms. The van der Waals surface area contributed by atoms with Gasteiger partial charge in [0.1, 0.15) is 17.5 Å². The van der Waals surface area contributed by atoms with Gasteiger partial charge in [-0.15, -0.1) is 0 Å². The number of nitrogens with one attached hydrogen (secondary N) is 2. The second kappa shape index (κ2) is 11.5. The Kier molecular flexibility index (Phi) is 8.17. The Morgan fingerprint density at radius 2 is 1.64 bits per heavy atom. The van der Waals surface area contributed by atoms with Gasteiger partial charge in [0.05, 0.1) is 6.42 Å². The monoisotopic (exact) mass is 548 g/mol. The summed E-state index contributed by atoms with van der Waals surface area (Å²) in [5, 5.41) is 6.12. The van der Waals surface area contributed by atoms with Gasteiger partial charge in [-0.25, -0.2) is 13.8 Å². The van der Waals surface area contributed by atoms with E-state index in [1.165, 1.54) is 6.20 Å². The Morgan fingerprint density at radius 3 is 2.28 bits per heavy atom. The number of carbonyl (C=O) groups is 2. The lowest BCUT2D eigenvalue weighted by molar-refractivity contribution is -0.185. The van der Waals surface area contributed by atoms with Crippen LogP contribution in [-0.2, 0) is 22.6 Å². The Hall–Kier alpha value is -4.42. The van der Waals surface area contributed by atoms with Crippen molar-refractivity contribution in [1.82, 2.24) is 9.88 Å². The fraction of sp³-hybridized carbons (Fsp3) is 0.269. The summed E-state index contributed by atoms with van der Waals surface area (Å²) in [6, 6.07) is 11.8. The number of hydrogen-bond acceptors (Lipinski definition) is 6. The molecule has 13 heteroatoms. The lowest BCUT2D eigenvalue weighted by atomic mass is 10.1. The van der Waals surface area contributed by atoms with E-state index in [1.54, 1.807) is 30.3 Å². The number of piperazine rings is 1. The quantitative estimate of drug-likeness (QED) is 0.369. The molecule has 1 fully saturated rings. The van der Waals surface area contributed by atoms with Gasteiger partial charge in [-0.1, -0.05) is 0 Å². The van der Waals surface area contributed by atoms with Crippen molar-refractivity contribution in [2.75, 3.05) is 41.7 Å². The van der Waals surface area contributed by atoms with Crippen LogP contribution in [0.2, 0.25) is 0 Å². The highest BCUT2D eigenvalue weighted by molar-refractivity contribution is 5.82. The molecule has 1 aliphatic rings. The van der Waals surface area contributed by atoms with Gasteiger partial charge in [-0.2, -0.15) is 13.2 Å². The van der Waals surface area contributed by atoms with Crippen molar-refractivity contribution in [2.24, 2.45) is 5.73 Å². The van der Waals surface area contributed by atoms with Crippen LogP contribution in [0.1, 0.15) is 11.1 Å². The van der Waals surface area contributed by atoms with Crippen LogP contribution in [0.4, 0.5) is 44.8 Å². The molecule has 0 aliphatic carbocycles. The molecule has 0 bridgehead atoms. The highest BCUT2D eigenvalue weighted by Crippen LogP contribution is 2.26. The van der Waals surface area contributed by atoms with Crippen molar-refractivity contribution in [3.8, 4) is 0 Å². The molecule has 1 aliphatic heterocycles. The molecular weight excluding hydrogens is 523 g/mol. The number of carbonyl (C=O) groups excluding carboxylic acids is 2. The SMILES string of the molecule is NC(=O)Cc1cnc(Nc2ccc(N3CCN(C(=O)C(F)(F)F)CC3)cc2)cc1NCc1cc(F)ccc1F. The average Bonchev–Trinajstić information content (AvgIpc) is 2.90. The van der Waals surface area contributed by atoms with Crippen molar-refractivity contribution < 1.29 is 31.5 Å². The first-order chi connectivity index (χ1) is 18.5. The zero-order chi connectivity index (χ0) is 28.2. The summed E-state index contributed by atoms with van der Waals surface area (Å²) in [5.41, 5.74) is 7.80. The molecule has 3 aromatic rings. The number of benzene rings is 2. The highest BCUT2D eigenvalue weighted by Gasteiger charge is 2.43. The van der Waals surface area contributed by atoms with Gasteiger partial charge in [0.15, 0.2) is 0 Å². The van der Waals surface area contributed by atoms with E-state index >= 15 is 0 Å². The molecule has 4 rings (SSSR count). The maximum Gasteiger partial charge on any atom is 0.471 e. The van der Waals surface area contributed by atoms with Gasteiger partial charge in [0, 0.05) is 73.2 Å². The molecule has 2 amide bonds. The molecule has 0 unspecified atom stereocenters. The fourth-order valence-corrected chi connectivity index (χ4v) is 4.16. The number of pyridine rings is 1. The van der Waals surface area contributed by atoms with E-state index in [2.05, 4.69) is 15.6 Å². The van der Waals surface area contributed by atoms with Crippen LogP contribution in [0.5, 0.6) is 0 Å². The number of alkyl halides is 3. The van der Waals surface area contributed by atoms with Crippen molar-refractivity contribution in [3.63, 3.8) is 0 Å². The molecule has 2 heterocycles. The molecule has 4 N–H and O–H groups in total. The van der Waals surface area contributed by atoms with E-state index in [0.717, 1.165) is 28.8 Å². The summed E-state index contributed by atoms with van der Waals surface area (Å²) in [5.74, 6) is -3.18. The molecule has 8 nitrogen and oxygen atoms in total. The smallest absolute Gasteiger partial charge is 0.380 e. The standard InChI is InChI=1S/C26H25F5N6O2/c27-18-1-6-21(28)16(11-18)14-33-22-13-24(34-15-17(22)12-23(32)38)35-19-2-4-20(5-3-19)36-7-9-37(10-8-36)25(39)26(29,30)31/h1-6,11,13,15H,7-10,12,14H2,(H2,32,38)(H2,33,34,35). The van der Waals surface area contributed by atoms with Gasteiger partial charge in [-0.05, 0) is 42.5 Å². The third kappa shape index (κ3) is 7.12. The minimum Gasteiger partial charge on any atom is -0.380 e. The van der Waals surface area contributed by atoms with Crippen LogP contribution >= 0.6 is 0 Å². The summed E-state index contributed by atoms with van der Waals surface area (Å²) in [4.78, 5) is 29.9. The molecule has 1 aromatic heterocycles. The Labute approximate surface area is 220 Å². The molecule has 206 valence electrons. The number of halogens is 5. The summed E-state index contributed by atoms with van der Waals surface area (Å²) in [6.07, 6.45) is -3.54. The van der Waals surface area contributed by atoms with E-state index in [1.807, 2.05) is 4.90 Å². The molecule has 0 atom stereocenters. The third-order valence-corrected chi connectivity index (χ3v) is 6.14. The third-order valence-electron chi connectivity index (χ3n) is 6.14. The zero-order valence-electron chi connectivity index (χ0n) is 20.6. The van der Waals surface area contributed by atoms with Crippen molar-refractivity contribution in [3.05, 3.63) is 77.5 Å². The van der Waals surface area contributed by atoms with E-state index < -0.39 is 29.6 Å². The number of primary amides is 1. The molecular formula is C26H25F5N6O2. The predicted molar refractivity (Wildman–Crippen MR) is 135 cm³/mol. The van der Waals surface area contributed by atoms with E-state index in [-0.39, 0.29) is 44.7 Å². The van der Waals surface area contributed by atoms with Crippen molar-refractivity contribution in [2.45, 2.75) is 19.1 Å². The Balaban J connectivity index is 1.42. The molecule has 2 aromatic carbocycles. The van der Waals surface area contributed by atoms with E-state index in [4.69, 9.17) is 5.73 Å². The number of nitrogens with zero attached hydrogens (tertiary/aromatic N) is 3. The van der Waals surface area contributed by atoms with Gasteiger partial charge >= 0.3 is 12.1 Å². The van der Waals surface area contributed by atoms with Crippen LogP contribution in [0.15, 0.2) is 54.7 Å². The van der Waals surface area contributed by atoms with Crippen LogP contribution in [0, 0.1) is 11.6 Å². The van der Waals surface area contributed by atoms with Crippen LogP contribution in [0.3, 0.4) is 0 Å². The van der Waals surface area contributed by atoms with E-state index in [9.17, 15) is 31.5 Å². The number of aromatic nitrogens is 1. The molecule has 0 spiro atoms. The van der Waals surface area contributed by atoms with Gasteiger partial charge < -0.3 is 26.2 Å². The minimum absolute atomic E-state index is 0.0325. The largest absolute Gasteiger partial charge is 0.471 e. The molecule has 1 saturated heterocycles. The van der Waals surface area contributed by atoms with E-state index in [0.29, 0.717) is 22.8 Å². The predicted octanol–water partition coefficient (Wildman–Crippen LogP) is 3.95. The summed E-state index contributed by atoms with van der Waals surface area (Å²) in [6.45, 7) is 0.413. The highest BCUT2D eigenvalue weighted by atomic mass is 19.4. The summed E-state index contributed by atoms with van der Waals surface area (Å²) in [7, 11) is 0. The maximum absolute atomic E-state index is 14.0. The summed E-state index contributed by atoms with van der Waals surface area (Å²) < 4.78 is 65.6. The van der Waals surface area contributed by atoms with Crippen LogP contribution in [0.25, 0.3) is 0 Å². The minimum atomic E-state index is -4.88. The van der Waals surface area contributed by atoms with Crippen LogP contribution < -0.4 is 21.3 Å². The lowest BCUT2D eigenvalue weighted by Gasteiger charge is -2.36. The number of nitrogens with two attached hydrogens (primary N) is 1. The normalized spacial score (nSPS) is 13.8. The second-order valence-electron chi connectivity index (χ2n) is 8.91. The van der Waals surface area contributed by atoms with Crippen LogP contribution in [-0.4, -0.2) is 54.1 Å². The van der Waals surface area contributed by atoms with Crippen molar-refractivity contribution in [1.29, 1.82) is 0 Å².